The SMILES string of the molecule is CC(O)CC1CCCN1CC(=O)N(CCC#N)c1cccc(Cl)c1. The molecule has 0 radical (unpaired) electrons. The minimum atomic E-state index is -0.367. The largest absolute Gasteiger partial charge is 0.393 e. The standard InChI is InChI=1S/C18H24ClN3O2/c1-14(23)11-16-7-3-9-21(16)13-18(24)22(10-4-8-20)17-6-2-5-15(19)12-17/h2,5-6,12,14,16,23H,3-4,7,9-11,13H2,1H3. The first kappa shape index (κ1) is 18.7. The molecule has 0 bridgehead atoms. The molecule has 0 aromatic heterocycles. The minimum Gasteiger partial charge on any atom is -0.393 e. The molecule has 1 aliphatic heterocycles. The first-order valence-corrected chi connectivity index (χ1v) is 8.74. The number of benzene rings is 1. The van der Waals surface area contributed by atoms with Crippen LogP contribution in [0.1, 0.15) is 32.6 Å². The zero-order chi connectivity index (χ0) is 17.5. The van der Waals surface area contributed by atoms with Gasteiger partial charge in [-0.05, 0) is 50.9 Å². The highest BCUT2D eigenvalue weighted by Gasteiger charge is 2.29. The van der Waals surface area contributed by atoms with Crippen LogP contribution in [-0.4, -0.2) is 47.7 Å². The maximum Gasteiger partial charge on any atom is 0.241 e. The molecule has 0 saturated carbocycles. The van der Waals surface area contributed by atoms with Gasteiger partial charge in [0, 0.05) is 23.3 Å². The first-order chi connectivity index (χ1) is 11.5. The van der Waals surface area contributed by atoms with Gasteiger partial charge in [0.15, 0.2) is 0 Å². The summed E-state index contributed by atoms with van der Waals surface area (Å²) in [6.45, 7) is 3.30. The molecule has 1 aliphatic rings. The van der Waals surface area contributed by atoms with Gasteiger partial charge in [-0.2, -0.15) is 5.26 Å². The fraction of sp³-hybridized carbons (Fsp3) is 0.556. The highest BCUT2D eigenvalue weighted by molar-refractivity contribution is 6.30. The summed E-state index contributed by atoms with van der Waals surface area (Å²) in [5.74, 6) is -0.0370. The number of carbonyl (C=O) groups excluding carboxylic acids is 1. The van der Waals surface area contributed by atoms with Crippen LogP contribution in [0.5, 0.6) is 0 Å². The van der Waals surface area contributed by atoms with Crippen LogP contribution in [0.4, 0.5) is 5.69 Å². The van der Waals surface area contributed by atoms with E-state index in [4.69, 9.17) is 16.9 Å². The number of hydrogen-bond donors (Lipinski definition) is 1. The lowest BCUT2D eigenvalue weighted by molar-refractivity contribution is -0.120. The summed E-state index contributed by atoms with van der Waals surface area (Å²) in [7, 11) is 0. The monoisotopic (exact) mass is 349 g/mol. The molecule has 0 aliphatic carbocycles. The van der Waals surface area contributed by atoms with Crippen molar-refractivity contribution in [3.05, 3.63) is 29.3 Å². The molecule has 1 aromatic carbocycles. The van der Waals surface area contributed by atoms with E-state index in [0.717, 1.165) is 19.4 Å². The lowest BCUT2D eigenvalue weighted by atomic mass is 10.1. The molecule has 130 valence electrons. The van der Waals surface area contributed by atoms with E-state index in [0.29, 0.717) is 30.2 Å². The molecule has 1 N–H and O–H groups in total. The van der Waals surface area contributed by atoms with Crippen molar-refractivity contribution in [2.24, 2.45) is 0 Å². The third-order valence-corrected chi connectivity index (χ3v) is 4.55. The van der Waals surface area contributed by atoms with E-state index < -0.39 is 0 Å². The van der Waals surface area contributed by atoms with Gasteiger partial charge in [0.2, 0.25) is 5.91 Å². The average molecular weight is 350 g/mol. The van der Waals surface area contributed by atoms with Crippen molar-refractivity contribution in [3.8, 4) is 6.07 Å². The Morgan fingerprint density at radius 2 is 2.38 bits per heavy atom. The van der Waals surface area contributed by atoms with E-state index in [1.165, 1.54) is 0 Å². The predicted octanol–water partition coefficient (Wildman–Crippen LogP) is 2.82. The van der Waals surface area contributed by atoms with Gasteiger partial charge in [-0.1, -0.05) is 17.7 Å². The van der Waals surface area contributed by atoms with Crippen LogP contribution in [-0.2, 0) is 4.79 Å². The molecule has 6 heteroatoms. The van der Waals surface area contributed by atoms with Crippen molar-refractivity contribution in [2.75, 3.05) is 24.5 Å². The number of aliphatic hydroxyl groups excluding tert-OH is 1. The Morgan fingerprint density at radius 3 is 3.04 bits per heavy atom. The molecule has 5 nitrogen and oxygen atoms in total. The molecule has 1 amide bonds. The second kappa shape index (κ2) is 9.03. The normalized spacial score (nSPS) is 19.0. The van der Waals surface area contributed by atoms with Crippen molar-refractivity contribution in [3.63, 3.8) is 0 Å². The summed E-state index contributed by atoms with van der Waals surface area (Å²) in [5, 5.41) is 19.1. The lowest BCUT2D eigenvalue weighted by Crippen LogP contribution is -2.43. The van der Waals surface area contributed by atoms with E-state index in [2.05, 4.69) is 11.0 Å². The van der Waals surface area contributed by atoms with Gasteiger partial charge in [0.25, 0.3) is 0 Å². The number of amides is 1. The molecule has 1 fully saturated rings. The van der Waals surface area contributed by atoms with Gasteiger partial charge in [-0.25, -0.2) is 0 Å². The summed E-state index contributed by atoms with van der Waals surface area (Å²) in [6, 6.07) is 9.47. The Morgan fingerprint density at radius 1 is 1.58 bits per heavy atom. The molecule has 1 aromatic rings. The summed E-state index contributed by atoms with van der Waals surface area (Å²) < 4.78 is 0. The van der Waals surface area contributed by atoms with Gasteiger partial charge in [0.1, 0.15) is 0 Å². The highest BCUT2D eigenvalue weighted by atomic mass is 35.5. The Labute approximate surface area is 148 Å². The smallest absolute Gasteiger partial charge is 0.241 e. The summed E-state index contributed by atoms with van der Waals surface area (Å²) in [4.78, 5) is 16.6. The summed E-state index contributed by atoms with van der Waals surface area (Å²) in [6.07, 6.45) is 2.64. The Bertz CT molecular complexity index is 600. The molecule has 0 spiro atoms. The van der Waals surface area contributed by atoms with E-state index in [9.17, 15) is 9.90 Å². The number of likely N-dealkylation sites (tertiary alicyclic amines) is 1. The molecule has 1 heterocycles. The lowest BCUT2D eigenvalue weighted by Gasteiger charge is -2.29. The fourth-order valence-corrected chi connectivity index (χ4v) is 3.41. The number of halogens is 1. The van der Waals surface area contributed by atoms with Crippen molar-refractivity contribution in [1.29, 1.82) is 5.26 Å². The van der Waals surface area contributed by atoms with Crippen LogP contribution in [0.3, 0.4) is 0 Å². The number of nitrogens with zero attached hydrogens (tertiary/aromatic N) is 3. The molecule has 24 heavy (non-hydrogen) atoms. The number of hydrogen-bond acceptors (Lipinski definition) is 4. The summed E-state index contributed by atoms with van der Waals surface area (Å²) >= 11 is 6.04. The van der Waals surface area contributed by atoms with Crippen molar-refractivity contribution < 1.29 is 9.90 Å². The Balaban J connectivity index is 2.09. The number of aliphatic hydroxyl groups is 1. The quantitative estimate of drug-likeness (QED) is 0.822. The van der Waals surface area contributed by atoms with Crippen LogP contribution in [0.25, 0.3) is 0 Å². The van der Waals surface area contributed by atoms with Crippen LogP contribution in [0.15, 0.2) is 24.3 Å². The Hall–Kier alpha value is -1.61. The topological polar surface area (TPSA) is 67.6 Å². The summed E-state index contributed by atoms with van der Waals surface area (Å²) in [5.41, 5.74) is 0.717. The maximum absolute atomic E-state index is 12.8. The maximum atomic E-state index is 12.8. The molecular weight excluding hydrogens is 326 g/mol. The number of rotatable bonds is 7. The van der Waals surface area contributed by atoms with Gasteiger partial charge >= 0.3 is 0 Å². The predicted molar refractivity (Wildman–Crippen MR) is 94.9 cm³/mol. The average Bonchev–Trinajstić information content (AvgIpc) is 2.94. The third kappa shape index (κ3) is 5.20. The highest BCUT2D eigenvalue weighted by Crippen LogP contribution is 2.24. The molecule has 1 saturated heterocycles. The molecular formula is C18H24ClN3O2. The van der Waals surface area contributed by atoms with Crippen molar-refractivity contribution in [2.45, 2.75) is 44.8 Å². The van der Waals surface area contributed by atoms with Crippen molar-refractivity contribution in [1.82, 2.24) is 4.90 Å². The zero-order valence-corrected chi connectivity index (χ0v) is 14.7. The van der Waals surface area contributed by atoms with Gasteiger partial charge in [0.05, 0.1) is 25.1 Å². The van der Waals surface area contributed by atoms with E-state index in [1.807, 2.05) is 6.07 Å². The van der Waals surface area contributed by atoms with E-state index >= 15 is 0 Å². The van der Waals surface area contributed by atoms with Gasteiger partial charge in [-0.15, -0.1) is 0 Å². The van der Waals surface area contributed by atoms with Crippen LogP contribution in [0, 0.1) is 11.3 Å². The number of anilines is 1. The second-order valence-electron chi connectivity index (χ2n) is 6.28. The molecule has 2 rings (SSSR count). The van der Waals surface area contributed by atoms with Crippen LogP contribution < -0.4 is 4.90 Å². The number of carbonyl (C=O) groups is 1. The van der Waals surface area contributed by atoms with Gasteiger partial charge < -0.3 is 10.0 Å². The Kier molecular flexibility index (Phi) is 7.04. The van der Waals surface area contributed by atoms with E-state index in [1.54, 1.807) is 30.0 Å². The fourth-order valence-electron chi connectivity index (χ4n) is 3.23. The zero-order valence-electron chi connectivity index (χ0n) is 14.0. The van der Waals surface area contributed by atoms with Crippen molar-refractivity contribution >= 4 is 23.2 Å². The molecule has 2 unspecified atom stereocenters. The van der Waals surface area contributed by atoms with Crippen LogP contribution in [0.2, 0.25) is 5.02 Å². The minimum absolute atomic E-state index is 0.0370. The van der Waals surface area contributed by atoms with Gasteiger partial charge in [-0.3, -0.25) is 9.69 Å². The molecule has 2 atom stereocenters. The van der Waals surface area contributed by atoms with Crippen LogP contribution >= 0.6 is 11.6 Å². The second-order valence-corrected chi connectivity index (χ2v) is 6.72. The third-order valence-electron chi connectivity index (χ3n) is 4.32. The van der Waals surface area contributed by atoms with E-state index in [-0.39, 0.29) is 24.5 Å². The first-order valence-electron chi connectivity index (χ1n) is 8.36. The number of nitriles is 1.